The average molecular weight is 513 g/mol. The SMILES string of the molecule is CC.COCCOC1CCCN(C=O)CC1.Cc1cc2[nH]c(=O)c3cnn(C4CCCC4)c3c2cc1C. The number of fused-ring (bicyclic) bond motifs is 3. The molecular formula is C29H44N4O4. The van der Waals surface area contributed by atoms with Crippen molar-refractivity contribution in [3.8, 4) is 0 Å². The van der Waals surface area contributed by atoms with Gasteiger partial charge < -0.3 is 19.4 Å². The Morgan fingerprint density at radius 2 is 1.73 bits per heavy atom. The van der Waals surface area contributed by atoms with Crippen LogP contribution in [0.25, 0.3) is 21.8 Å². The fraction of sp³-hybridized carbons (Fsp3) is 0.621. The normalized spacial score (nSPS) is 18.2. The van der Waals surface area contributed by atoms with E-state index in [1.807, 2.05) is 18.7 Å². The van der Waals surface area contributed by atoms with Crippen LogP contribution in [-0.4, -0.2) is 65.6 Å². The molecular weight excluding hydrogens is 468 g/mol. The number of H-pyrrole nitrogens is 1. The highest BCUT2D eigenvalue weighted by Crippen LogP contribution is 2.33. The lowest BCUT2D eigenvalue weighted by Crippen LogP contribution is -2.23. The van der Waals surface area contributed by atoms with Gasteiger partial charge in [0, 0.05) is 25.6 Å². The van der Waals surface area contributed by atoms with Crippen LogP contribution in [0.5, 0.6) is 0 Å². The maximum Gasteiger partial charge on any atom is 0.259 e. The molecule has 1 saturated carbocycles. The summed E-state index contributed by atoms with van der Waals surface area (Å²) in [6.07, 6.45) is 10.8. The smallest absolute Gasteiger partial charge is 0.259 e. The van der Waals surface area contributed by atoms with Crippen molar-refractivity contribution in [2.45, 2.75) is 84.8 Å². The van der Waals surface area contributed by atoms with Gasteiger partial charge in [-0.15, -0.1) is 0 Å². The number of amides is 1. The highest BCUT2D eigenvalue weighted by Gasteiger charge is 2.22. The standard InChI is InChI=1S/C17H19N3O.C10H19NO3.C2H6/c1-10-7-13-15(8-11(10)2)19-17(21)14-9-18-20(16(13)14)12-5-3-4-6-12;1-13-7-8-14-10-3-2-5-11(9-12)6-4-10;1-2/h7-9,12H,3-6H2,1-2H3,(H,19,21);9-10H,2-8H2,1H3;1-2H3. The van der Waals surface area contributed by atoms with Crippen LogP contribution < -0.4 is 5.56 Å². The summed E-state index contributed by atoms with van der Waals surface area (Å²) in [4.78, 5) is 27.7. The first kappa shape index (κ1) is 28.9. The Morgan fingerprint density at radius 3 is 2.43 bits per heavy atom. The van der Waals surface area contributed by atoms with Gasteiger partial charge in [0.2, 0.25) is 6.41 Å². The monoisotopic (exact) mass is 512 g/mol. The van der Waals surface area contributed by atoms with E-state index in [-0.39, 0.29) is 5.56 Å². The maximum absolute atomic E-state index is 12.3. The molecule has 1 N–H and O–H groups in total. The number of carbonyl (C=O) groups is 1. The first-order valence-electron chi connectivity index (χ1n) is 13.8. The zero-order chi connectivity index (χ0) is 26.8. The Bertz CT molecular complexity index is 1200. The Balaban J connectivity index is 0.000000208. The number of pyridine rings is 1. The van der Waals surface area contributed by atoms with E-state index in [9.17, 15) is 9.59 Å². The van der Waals surface area contributed by atoms with Crippen LogP contribution in [-0.2, 0) is 14.3 Å². The predicted octanol–water partition coefficient (Wildman–Crippen LogP) is 5.30. The number of hydrogen-bond acceptors (Lipinski definition) is 5. The minimum Gasteiger partial charge on any atom is -0.382 e. The molecule has 2 aliphatic rings. The fourth-order valence-electron chi connectivity index (χ4n) is 5.19. The van der Waals surface area contributed by atoms with Crippen molar-refractivity contribution in [1.29, 1.82) is 0 Å². The number of likely N-dealkylation sites (tertiary alicyclic amines) is 1. The number of ether oxygens (including phenoxy) is 2. The number of nitrogens with one attached hydrogen (secondary N) is 1. The Morgan fingerprint density at radius 1 is 1.00 bits per heavy atom. The van der Waals surface area contributed by atoms with Crippen molar-refractivity contribution in [2.75, 3.05) is 33.4 Å². The molecule has 1 atom stereocenters. The van der Waals surface area contributed by atoms with E-state index in [0.29, 0.717) is 30.7 Å². The molecule has 2 fully saturated rings. The van der Waals surface area contributed by atoms with Crippen LogP contribution in [0, 0.1) is 13.8 Å². The van der Waals surface area contributed by atoms with Gasteiger partial charge >= 0.3 is 0 Å². The van der Waals surface area contributed by atoms with Crippen LogP contribution in [0.4, 0.5) is 0 Å². The summed E-state index contributed by atoms with van der Waals surface area (Å²) in [7, 11) is 1.67. The van der Waals surface area contributed by atoms with Gasteiger partial charge in [-0.25, -0.2) is 0 Å². The van der Waals surface area contributed by atoms with Crippen LogP contribution in [0.1, 0.15) is 76.0 Å². The van der Waals surface area contributed by atoms with Gasteiger partial charge in [-0.2, -0.15) is 5.10 Å². The average Bonchev–Trinajstić information content (AvgIpc) is 3.54. The molecule has 3 heterocycles. The number of carbonyl (C=O) groups excluding carboxylic acids is 1. The molecule has 2 aromatic heterocycles. The third-order valence-corrected chi connectivity index (χ3v) is 7.35. The molecule has 8 nitrogen and oxygen atoms in total. The second-order valence-electron chi connectivity index (χ2n) is 9.78. The largest absolute Gasteiger partial charge is 0.382 e. The highest BCUT2D eigenvalue weighted by atomic mass is 16.5. The molecule has 0 radical (unpaired) electrons. The fourth-order valence-corrected chi connectivity index (χ4v) is 5.19. The van der Waals surface area contributed by atoms with Crippen molar-refractivity contribution in [2.24, 2.45) is 0 Å². The lowest BCUT2D eigenvalue weighted by atomic mass is 10.0. The van der Waals surface area contributed by atoms with Gasteiger partial charge in [0.05, 0.1) is 48.0 Å². The number of nitrogens with zero attached hydrogens (tertiary/aromatic N) is 3. The van der Waals surface area contributed by atoms with Crippen LogP contribution in [0.15, 0.2) is 23.1 Å². The molecule has 0 bridgehead atoms. The second kappa shape index (κ2) is 14.3. The van der Waals surface area contributed by atoms with Crippen LogP contribution in [0.2, 0.25) is 0 Å². The summed E-state index contributed by atoms with van der Waals surface area (Å²) in [5.41, 5.74) is 4.32. The molecule has 3 aromatic rings. The Hall–Kier alpha value is -2.71. The van der Waals surface area contributed by atoms with Crippen LogP contribution in [0.3, 0.4) is 0 Å². The third kappa shape index (κ3) is 7.20. The van der Waals surface area contributed by atoms with Crippen molar-refractivity contribution in [3.63, 3.8) is 0 Å². The van der Waals surface area contributed by atoms with Crippen molar-refractivity contribution >= 4 is 28.2 Å². The minimum atomic E-state index is -0.0370. The summed E-state index contributed by atoms with van der Waals surface area (Å²) >= 11 is 0. The van der Waals surface area contributed by atoms with Gasteiger partial charge in [-0.3, -0.25) is 14.3 Å². The molecule has 1 aliphatic heterocycles. The van der Waals surface area contributed by atoms with Crippen molar-refractivity contribution < 1.29 is 14.3 Å². The topological polar surface area (TPSA) is 89.4 Å². The van der Waals surface area contributed by atoms with E-state index < -0.39 is 0 Å². The molecule has 0 spiro atoms. The quantitative estimate of drug-likeness (QED) is 0.358. The van der Waals surface area contributed by atoms with Crippen LogP contribution >= 0.6 is 0 Å². The number of aromatic amines is 1. The van der Waals surface area contributed by atoms with E-state index in [0.717, 1.165) is 68.0 Å². The van der Waals surface area contributed by atoms with E-state index in [1.54, 1.807) is 13.3 Å². The first-order valence-corrected chi connectivity index (χ1v) is 13.8. The molecule has 1 amide bonds. The molecule has 37 heavy (non-hydrogen) atoms. The zero-order valence-electron chi connectivity index (χ0n) is 23.2. The number of methoxy groups -OCH3 is 1. The second-order valence-corrected chi connectivity index (χ2v) is 9.78. The molecule has 1 aromatic carbocycles. The van der Waals surface area contributed by atoms with Gasteiger partial charge in [-0.1, -0.05) is 26.7 Å². The number of hydrogen-bond donors (Lipinski definition) is 1. The molecule has 5 rings (SSSR count). The third-order valence-electron chi connectivity index (χ3n) is 7.35. The van der Waals surface area contributed by atoms with Gasteiger partial charge in [0.1, 0.15) is 0 Å². The predicted molar refractivity (Wildman–Crippen MR) is 149 cm³/mol. The summed E-state index contributed by atoms with van der Waals surface area (Å²) in [6, 6.07) is 4.68. The summed E-state index contributed by atoms with van der Waals surface area (Å²) in [6.45, 7) is 11.2. The summed E-state index contributed by atoms with van der Waals surface area (Å²) < 4.78 is 12.6. The van der Waals surface area contributed by atoms with Crippen molar-refractivity contribution in [1.82, 2.24) is 19.7 Å². The molecule has 8 heteroatoms. The lowest BCUT2D eigenvalue weighted by molar-refractivity contribution is -0.118. The Labute approximate surface area is 220 Å². The zero-order valence-corrected chi connectivity index (χ0v) is 23.2. The first-order chi connectivity index (χ1) is 18.0. The number of benzene rings is 1. The van der Waals surface area contributed by atoms with Gasteiger partial charge in [-0.05, 0) is 69.2 Å². The number of aryl methyl sites for hydroxylation is 2. The van der Waals surface area contributed by atoms with E-state index in [1.165, 1.54) is 24.0 Å². The molecule has 204 valence electrons. The minimum absolute atomic E-state index is 0.0370. The number of aromatic nitrogens is 3. The Kier molecular flexibility index (Phi) is 11.1. The van der Waals surface area contributed by atoms with Gasteiger partial charge in [0.25, 0.3) is 5.56 Å². The van der Waals surface area contributed by atoms with Crippen molar-refractivity contribution in [3.05, 3.63) is 39.8 Å². The summed E-state index contributed by atoms with van der Waals surface area (Å²) in [5, 5.41) is 6.35. The lowest BCUT2D eigenvalue weighted by Gasteiger charge is -2.15. The van der Waals surface area contributed by atoms with Gasteiger partial charge in [0.15, 0.2) is 0 Å². The summed E-state index contributed by atoms with van der Waals surface area (Å²) in [5.74, 6) is 0. The highest BCUT2D eigenvalue weighted by molar-refractivity contribution is 6.03. The maximum atomic E-state index is 12.3. The van der Waals surface area contributed by atoms with E-state index >= 15 is 0 Å². The van der Waals surface area contributed by atoms with E-state index in [2.05, 4.69) is 40.7 Å². The number of rotatable bonds is 6. The molecule has 1 saturated heterocycles. The molecule has 1 aliphatic carbocycles. The molecule has 1 unspecified atom stereocenters. The van der Waals surface area contributed by atoms with E-state index in [4.69, 9.17) is 9.47 Å².